The monoisotopic (exact) mass is 264 g/mol. The van der Waals surface area contributed by atoms with Crippen LogP contribution in [0.25, 0.3) is 0 Å². The minimum atomic E-state index is 0.153. The Morgan fingerprint density at radius 1 is 1.32 bits per heavy atom. The number of rotatable bonds is 6. The van der Waals surface area contributed by atoms with Crippen molar-refractivity contribution in [1.29, 1.82) is 0 Å². The Morgan fingerprint density at radius 3 is 2.89 bits per heavy atom. The molecule has 5 nitrogen and oxygen atoms in total. The predicted molar refractivity (Wildman–Crippen MR) is 73.5 cm³/mol. The molecule has 0 bridgehead atoms. The molecule has 0 unspecified atom stereocenters. The van der Waals surface area contributed by atoms with E-state index in [1.54, 1.807) is 12.0 Å². The second-order valence-corrected chi connectivity index (χ2v) is 4.47. The first-order chi connectivity index (χ1) is 9.26. The molecule has 0 aliphatic carbocycles. The van der Waals surface area contributed by atoms with Gasteiger partial charge in [-0.1, -0.05) is 0 Å². The molecule has 2 rings (SSSR count). The Morgan fingerprint density at radius 2 is 2.16 bits per heavy atom. The Balaban J connectivity index is 2.18. The lowest BCUT2D eigenvalue weighted by Gasteiger charge is -2.29. The third kappa shape index (κ3) is 3.24. The second kappa shape index (κ2) is 6.54. The van der Waals surface area contributed by atoms with Gasteiger partial charge in [0.25, 0.3) is 0 Å². The van der Waals surface area contributed by atoms with Gasteiger partial charge >= 0.3 is 0 Å². The Kier molecular flexibility index (Phi) is 4.76. The molecule has 1 amide bonds. The van der Waals surface area contributed by atoms with Gasteiger partial charge in [0.2, 0.25) is 5.91 Å². The number of hydrogen-bond donors (Lipinski definition) is 1. The lowest BCUT2D eigenvalue weighted by molar-refractivity contribution is -0.119. The molecule has 0 fully saturated rings. The van der Waals surface area contributed by atoms with Crippen LogP contribution in [-0.2, 0) is 16.0 Å². The van der Waals surface area contributed by atoms with Crippen LogP contribution in [0.2, 0.25) is 0 Å². The largest absolute Gasteiger partial charge is 0.492 e. The molecular weight excluding hydrogens is 244 g/mol. The number of fused-ring (bicyclic) bond motifs is 1. The molecule has 0 saturated heterocycles. The van der Waals surface area contributed by atoms with Crippen LogP contribution in [0.1, 0.15) is 12.0 Å². The van der Waals surface area contributed by atoms with Gasteiger partial charge in [-0.05, 0) is 30.2 Å². The molecule has 104 valence electrons. The molecule has 1 aliphatic rings. The predicted octanol–water partition coefficient (Wildman–Crippen LogP) is 0.950. The molecule has 0 spiro atoms. The van der Waals surface area contributed by atoms with Gasteiger partial charge < -0.3 is 20.1 Å². The highest BCUT2D eigenvalue weighted by Crippen LogP contribution is 2.30. The molecule has 0 atom stereocenters. The van der Waals surface area contributed by atoms with Crippen molar-refractivity contribution in [2.45, 2.75) is 12.8 Å². The van der Waals surface area contributed by atoms with Crippen LogP contribution in [0.3, 0.4) is 0 Å². The Hall–Kier alpha value is -1.59. The highest BCUT2D eigenvalue weighted by Gasteiger charge is 2.23. The first-order valence-corrected chi connectivity index (χ1v) is 6.51. The van der Waals surface area contributed by atoms with Crippen molar-refractivity contribution in [2.24, 2.45) is 5.73 Å². The molecule has 1 aromatic rings. The third-order valence-corrected chi connectivity index (χ3v) is 3.16. The molecule has 1 aliphatic heterocycles. The van der Waals surface area contributed by atoms with Gasteiger partial charge in [-0.25, -0.2) is 0 Å². The lowest BCUT2D eigenvalue weighted by Crippen LogP contribution is -2.37. The number of carbonyl (C=O) groups excluding carboxylic acids is 1. The van der Waals surface area contributed by atoms with E-state index in [9.17, 15) is 4.79 Å². The maximum atomic E-state index is 11.9. The highest BCUT2D eigenvalue weighted by molar-refractivity contribution is 5.96. The maximum Gasteiger partial charge on any atom is 0.227 e. The number of carbonyl (C=O) groups is 1. The van der Waals surface area contributed by atoms with Crippen molar-refractivity contribution in [3.05, 3.63) is 23.8 Å². The van der Waals surface area contributed by atoms with Gasteiger partial charge in [-0.15, -0.1) is 0 Å². The highest BCUT2D eigenvalue weighted by atomic mass is 16.5. The van der Waals surface area contributed by atoms with Crippen LogP contribution in [0.15, 0.2) is 18.2 Å². The van der Waals surface area contributed by atoms with Crippen LogP contribution < -0.4 is 15.4 Å². The summed E-state index contributed by atoms with van der Waals surface area (Å²) in [6.45, 7) is 2.13. The van der Waals surface area contributed by atoms with E-state index in [0.29, 0.717) is 32.7 Å². The van der Waals surface area contributed by atoms with Crippen LogP contribution in [0, 0.1) is 0 Å². The van der Waals surface area contributed by atoms with E-state index in [-0.39, 0.29) is 5.91 Å². The van der Waals surface area contributed by atoms with Crippen molar-refractivity contribution >= 4 is 11.6 Å². The molecule has 0 aromatic heterocycles. The zero-order valence-corrected chi connectivity index (χ0v) is 11.2. The molecule has 5 heteroatoms. The van der Waals surface area contributed by atoms with Crippen molar-refractivity contribution in [3.8, 4) is 5.75 Å². The van der Waals surface area contributed by atoms with E-state index in [0.717, 1.165) is 23.4 Å². The Labute approximate surface area is 113 Å². The summed E-state index contributed by atoms with van der Waals surface area (Å²) in [5.41, 5.74) is 7.53. The fraction of sp³-hybridized carbons (Fsp3) is 0.500. The van der Waals surface area contributed by atoms with Crippen molar-refractivity contribution in [3.63, 3.8) is 0 Å². The summed E-state index contributed by atoms with van der Waals surface area (Å²) in [7, 11) is 1.64. The maximum absolute atomic E-state index is 11.9. The van der Waals surface area contributed by atoms with Gasteiger partial charge in [0.05, 0.1) is 6.61 Å². The van der Waals surface area contributed by atoms with E-state index in [4.69, 9.17) is 15.2 Å². The summed E-state index contributed by atoms with van der Waals surface area (Å²) < 4.78 is 10.6. The van der Waals surface area contributed by atoms with Crippen molar-refractivity contribution in [1.82, 2.24) is 0 Å². The van der Waals surface area contributed by atoms with Gasteiger partial charge in [0.1, 0.15) is 12.4 Å². The van der Waals surface area contributed by atoms with Crippen LogP contribution in [0.4, 0.5) is 5.69 Å². The minimum Gasteiger partial charge on any atom is -0.492 e. The number of anilines is 1. The molecular formula is C14H20N2O3. The minimum absolute atomic E-state index is 0.153. The SMILES string of the molecule is COCCN1C(=O)CCc2cc(OCCN)ccc21. The normalized spacial score (nSPS) is 14.4. The molecule has 1 aromatic carbocycles. The second-order valence-electron chi connectivity index (χ2n) is 4.47. The fourth-order valence-electron chi connectivity index (χ4n) is 2.23. The van der Waals surface area contributed by atoms with Gasteiger partial charge in [0.15, 0.2) is 0 Å². The van der Waals surface area contributed by atoms with Crippen LogP contribution in [0.5, 0.6) is 5.75 Å². The van der Waals surface area contributed by atoms with Gasteiger partial charge in [0, 0.05) is 32.3 Å². The van der Waals surface area contributed by atoms with Gasteiger partial charge in [-0.2, -0.15) is 0 Å². The average Bonchev–Trinajstić information content (AvgIpc) is 2.44. The van der Waals surface area contributed by atoms with E-state index in [2.05, 4.69) is 0 Å². The number of methoxy groups -OCH3 is 1. The van der Waals surface area contributed by atoms with Crippen LogP contribution >= 0.6 is 0 Å². The van der Waals surface area contributed by atoms with Crippen molar-refractivity contribution in [2.75, 3.05) is 38.3 Å². The fourth-order valence-corrected chi connectivity index (χ4v) is 2.23. The lowest BCUT2D eigenvalue weighted by atomic mass is 10.0. The smallest absolute Gasteiger partial charge is 0.227 e. The molecule has 0 radical (unpaired) electrons. The first kappa shape index (κ1) is 13.8. The van der Waals surface area contributed by atoms with E-state index in [1.165, 1.54) is 0 Å². The molecule has 1 heterocycles. The molecule has 0 saturated carbocycles. The van der Waals surface area contributed by atoms with E-state index >= 15 is 0 Å². The number of aryl methyl sites for hydroxylation is 1. The van der Waals surface area contributed by atoms with Crippen LogP contribution in [-0.4, -0.2) is 39.3 Å². The number of amides is 1. The molecule has 19 heavy (non-hydrogen) atoms. The number of ether oxygens (including phenoxy) is 2. The number of benzene rings is 1. The molecule has 2 N–H and O–H groups in total. The topological polar surface area (TPSA) is 64.8 Å². The average molecular weight is 264 g/mol. The Bertz CT molecular complexity index is 448. The quantitative estimate of drug-likeness (QED) is 0.831. The first-order valence-electron chi connectivity index (χ1n) is 6.51. The number of nitrogens with zero attached hydrogens (tertiary/aromatic N) is 1. The summed E-state index contributed by atoms with van der Waals surface area (Å²) in [5.74, 6) is 0.963. The van der Waals surface area contributed by atoms with Gasteiger partial charge in [-0.3, -0.25) is 4.79 Å². The summed E-state index contributed by atoms with van der Waals surface area (Å²) in [4.78, 5) is 13.7. The summed E-state index contributed by atoms with van der Waals surface area (Å²) >= 11 is 0. The number of nitrogens with two attached hydrogens (primary N) is 1. The summed E-state index contributed by atoms with van der Waals surface area (Å²) in [6, 6.07) is 5.82. The zero-order valence-electron chi connectivity index (χ0n) is 11.2. The summed E-state index contributed by atoms with van der Waals surface area (Å²) in [5, 5.41) is 0. The summed E-state index contributed by atoms with van der Waals surface area (Å²) in [6.07, 6.45) is 1.30. The van der Waals surface area contributed by atoms with Crippen molar-refractivity contribution < 1.29 is 14.3 Å². The van der Waals surface area contributed by atoms with E-state index in [1.807, 2.05) is 18.2 Å². The number of hydrogen-bond acceptors (Lipinski definition) is 4. The zero-order chi connectivity index (χ0) is 13.7. The standard InChI is InChI=1S/C14H20N2O3/c1-18-9-7-16-13-4-3-12(19-8-6-15)10-11(13)2-5-14(16)17/h3-4,10H,2,5-9,15H2,1H3. The third-order valence-electron chi connectivity index (χ3n) is 3.16. The van der Waals surface area contributed by atoms with E-state index < -0.39 is 0 Å².